The number of pyridine rings is 1. The number of hydrogen-bond acceptors (Lipinski definition) is 5. The van der Waals surface area contributed by atoms with Crippen LogP contribution in [-0.2, 0) is 4.79 Å². The lowest BCUT2D eigenvalue weighted by Gasteiger charge is -2.34. The maximum absolute atomic E-state index is 12.0. The van der Waals surface area contributed by atoms with Gasteiger partial charge >= 0.3 is 5.97 Å². The molecule has 3 rings (SSSR count). The third-order valence-corrected chi connectivity index (χ3v) is 4.37. The highest BCUT2D eigenvalue weighted by atomic mass is 16.6. The van der Waals surface area contributed by atoms with E-state index in [9.17, 15) is 20.0 Å². The van der Waals surface area contributed by atoms with Gasteiger partial charge in [0, 0.05) is 35.6 Å². The van der Waals surface area contributed by atoms with Gasteiger partial charge in [0.05, 0.1) is 22.4 Å². The summed E-state index contributed by atoms with van der Waals surface area (Å²) in [6, 6.07) is 9.71. The van der Waals surface area contributed by atoms with Gasteiger partial charge in [0.25, 0.3) is 5.69 Å². The predicted octanol–water partition coefficient (Wildman–Crippen LogP) is 3.86. The largest absolute Gasteiger partial charge is 0.478 e. The van der Waals surface area contributed by atoms with E-state index < -0.39 is 16.8 Å². The second-order valence-electron chi connectivity index (χ2n) is 5.99. The molecular weight excluding hydrogens is 334 g/mol. The van der Waals surface area contributed by atoms with E-state index in [4.69, 9.17) is 0 Å². The standard InChI is InChI=1S/C19H17N3O4/c1-12-9-17(14-5-3-6-15(10-14)22(25)26)18(19(23)24)13(2)21(12)16-7-4-8-20-11-16/h3-11,17H,1-2H3,(H,23,24). The SMILES string of the molecule is CC1=CC(c2cccc([N+](=O)[O-])c2)C(C(=O)O)=C(C)N1c1cccnc1. The molecule has 0 saturated heterocycles. The summed E-state index contributed by atoms with van der Waals surface area (Å²) in [6.45, 7) is 3.61. The maximum Gasteiger partial charge on any atom is 0.334 e. The average molecular weight is 351 g/mol. The molecule has 1 aliphatic rings. The molecule has 0 amide bonds. The molecule has 1 aromatic carbocycles. The molecule has 2 heterocycles. The fourth-order valence-corrected chi connectivity index (χ4v) is 3.27. The molecule has 2 aromatic rings. The topological polar surface area (TPSA) is 96.6 Å². The number of rotatable bonds is 4. The van der Waals surface area contributed by atoms with Crippen molar-refractivity contribution in [3.05, 3.63) is 87.5 Å². The molecule has 0 spiro atoms. The normalized spacial score (nSPS) is 17.1. The van der Waals surface area contributed by atoms with Crippen LogP contribution in [0.15, 0.2) is 71.8 Å². The number of allylic oxidation sites excluding steroid dienone is 3. The molecule has 1 unspecified atom stereocenters. The van der Waals surface area contributed by atoms with Gasteiger partial charge in [-0.05, 0) is 31.5 Å². The molecule has 0 aliphatic carbocycles. The highest BCUT2D eigenvalue weighted by molar-refractivity contribution is 5.92. The number of hydrogen-bond donors (Lipinski definition) is 1. The molecule has 1 atom stereocenters. The van der Waals surface area contributed by atoms with E-state index in [0.717, 1.165) is 11.4 Å². The monoisotopic (exact) mass is 351 g/mol. The van der Waals surface area contributed by atoms with E-state index in [1.807, 2.05) is 24.0 Å². The minimum Gasteiger partial charge on any atom is -0.478 e. The summed E-state index contributed by atoms with van der Waals surface area (Å²) in [5.74, 6) is -1.63. The van der Waals surface area contributed by atoms with Crippen molar-refractivity contribution in [2.75, 3.05) is 4.90 Å². The van der Waals surface area contributed by atoms with Crippen LogP contribution in [0, 0.1) is 10.1 Å². The Balaban J connectivity index is 2.14. The van der Waals surface area contributed by atoms with Gasteiger partial charge in [-0.3, -0.25) is 15.1 Å². The Hall–Kier alpha value is -3.48. The molecule has 0 radical (unpaired) electrons. The van der Waals surface area contributed by atoms with Crippen molar-refractivity contribution in [2.45, 2.75) is 19.8 Å². The summed E-state index contributed by atoms with van der Waals surface area (Å²) in [6.07, 6.45) is 5.12. The Morgan fingerprint density at radius 3 is 2.65 bits per heavy atom. The van der Waals surface area contributed by atoms with Crippen LogP contribution >= 0.6 is 0 Å². The minimum absolute atomic E-state index is 0.0642. The van der Waals surface area contributed by atoms with Gasteiger partial charge in [-0.15, -0.1) is 0 Å². The van der Waals surface area contributed by atoms with E-state index in [0.29, 0.717) is 11.3 Å². The van der Waals surface area contributed by atoms with Crippen LogP contribution in [-0.4, -0.2) is 21.0 Å². The van der Waals surface area contributed by atoms with Crippen molar-refractivity contribution in [1.29, 1.82) is 0 Å². The first kappa shape index (κ1) is 17.3. The number of aliphatic carboxylic acids is 1. The molecule has 0 saturated carbocycles. The minimum atomic E-state index is -1.06. The average Bonchev–Trinajstić information content (AvgIpc) is 2.61. The lowest BCUT2D eigenvalue weighted by atomic mass is 9.86. The van der Waals surface area contributed by atoms with Gasteiger partial charge in [0.1, 0.15) is 0 Å². The molecule has 1 aromatic heterocycles. The van der Waals surface area contributed by atoms with Crippen molar-refractivity contribution in [1.82, 2.24) is 4.98 Å². The first-order valence-electron chi connectivity index (χ1n) is 7.97. The zero-order valence-corrected chi connectivity index (χ0v) is 14.3. The third-order valence-electron chi connectivity index (χ3n) is 4.37. The van der Waals surface area contributed by atoms with Crippen LogP contribution in [0.25, 0.3) is 0 Å². The van der Waals surface area contributed by atoms with Gasteiger partial charge in [0.15, 0.2) is 0 Å². The summed E-state index contributed by atoms with van der Waals surface area (Å²) in [5, 5.41) is 20.9. The maximum atomic E-state index is 12.0. The Bertz CT molecular complexity index is 935. The summed E-state index contributed by atoms with van der Waals surface area (Å²) >= 11 is 0. The molecule has 132 valence electrons. The second kappa shape index (κ2) is 6.79. The van der Waals surface area contributed by atoms with Gasteiger partial charge in [0.2, 0.25) is 0 Å². The predicted molar refractivity (Wildman–Crippen MR) is 96.6 cm³/mol. The Kier molecular flexibility index (Phi) is 4.53. The van der Waals surface area contributed by atoms with Crippen LogP contribution < -0.4 is 4.90 Å². The molecular formula is C19H17N3O4. The van der Waals surface area contributed by atoms with Crippen molar-refractivity contribution < 1.29 is 14.8 Å². The summed E-state index contributed by atoms with van der Waals surface area (Å²) in [4.78, 5) is 28.5. The van der Waals surface area contributed by atoms with Crippen molar-refractivity contribution in [3.63, 3.8) is 0 Å². The molecule has 0 fully saturated rings. The van der Waals surface area contributed by atoms with Gasteiger partial charge < -0.3 is 10.0 Å². The fourth-order valence-electron chi connectivity index (χ4n) is 3.27. The lowest BCUT2D eigenvalue weighted by molar-refractivity contribution is -0.384. The molecule has 1 N–H and O–H groups in total. The molecule has 26 heavy (non-hydrogen) atoms. The Morgan fingerprint density at radius 2 is 2.04 bits per heavy atom. The number of carboxylic acid groups (broad SMARTS) is 1. The quantitative estimate of drug-likeness (QED) is 0.664. The number of carboxylic acids is 1. The lowest BCUT2D eigenvalue weighted by Crippen LogP contribution is -2.29. The van der Waals surface area contributed by atoms with Gasteiger partial charge in [-0.1, -0.05) is 18.2 Å². The first-order chi connectivity index (χ1) is 12.4. The smallest absolute Gasteiger partial charge is 0.334 e. The van der Waals surface area contributed by atoms with E-state index in [-0.39, 0.29) is 11.3 Å². The number of carbonyl (C=O) groups is 1. The second-order valence-corrected chi connectivity index (χ2v) is 5.99. The number of anilines is 1. The van der Waals surface area contributed by atoms with Crippen LogP contribution in [0.3, 0.4) is 0 Å². The Labute approximate surface area is 150 Å². The number of benzene rings is 1. The molecule has 0 bridgehead atoms. The molecule has 7 nitrogen and oxygen atoms in total. The summed E-state index contributed by atoms with van der Waals surface area (Å²) < 4.78 is 0. The van der Waals surface area contributed by atoms with Crippen LogP contribution in [0.5, 0.6) is 0 Å². The zero-order chi connectivity index (χ0) is 18.8. The van der Waals surface area contributed by atoms with Crippen LogP contribution in [0.1, 0.15) is 25.3 Å². The summed E-state index contributed by atoms with van der Waals surface area (Å²) in [5.41, 5.74) is 2.83. The van der Waals surface area contributed by atoms with Crippen LogP contribution in [0.2, 0.25) is 0 Å². The zero-order valence-electron chi connectivity index (χ0n) is 14.3. The molecule has 7 heteroatoms. The van der Waals surface area contributed by atoms with E-state index in [1.165, 1.54) is 12.1 Å². The van der Waals surface area contributed by atoms with Crippen molar-refractivity contribution in [3.8, 4) is 0 Å². The third kappa shape index (κ3) is 3.06. The first-order valence-corrected chi connectivity index (χ1v) is 7.97. The van der Waals surface area contributed by atoms with Crippen molar-refractivity contribution in [2.24, 2.45) is 0 Å². The fraction of sp³-hybridized carbons (Fsp3) is 0.158. The van der Waals surface area contributed by atoms with Crippen LogP contribution in [0.4, 0.5) is 11.4 Å². The van der Waals surface area contributed by atoms with E-state index >= 15 is 0 Å². The van der Waals surface area contributed by atoms with Crippen molar-refractivity contribution >= 4 is 17.3 Å². The summed E-state index contributed by atoms with van der Waals surface area (Å²) in [7, 11) is 0. The number of aromatic nitrogens is 1. The highest BCUT2D eigenvalue weighted by Gasteiger charge is 2.31. The number of nitro benzene ring substituents is 1. The number of nitrogens with zero attached hydrogens (tertiary/aromatic N) is 3. The number of nitro groups is 1. The molecule has 1 aliphatic heterocycles. The number of non-ortho nitro benzene ring substituents is 1. The van der Waals surface area contributed by atoms with Gasteiger partial charge in [-0.25, -0.2) is 4.79 Å². The van der Waals surface area contributed by atoms with E-state index in [2.05, 4.69) is 4.98 Å². The Morgan fingerprint density at radius 1 is 1.27 bits per heavy atom. The highest BCUT2D eigenvalue weighted by Crippen LogP contribution is 2.39. The van der Waals surface area contributed by atoms with E-state index in [1.54, 1.807) is 37.5 Å². The van der Waals surface area contributed by atoms with Gasteiger partial charge in [-0.2, -0.15) is 0 Å².